The molecule has 2 N–H and O–H groups in total. The van der Waals surface area contributed by atoms with Gasteiger partial charge in [-0.3, -0.25) is 9.69 Å². The molecule has 0 radical (unpaired) electrons. The number of carbonyl (C=O) groups excluding carboxylic acids is 1. The number of fused-ring (bicyclic) bond motifs is 1. The van der Waals surface area contributed by atoms with Crippen LogP contribution in [0.4, 0.5) is 8.78 Å². The van der Waals surface area contributed by atoms with Crippen molar-refractivity contribution in [1.29, 1.82) is 0 Å². The van der Waals surface area contributed by atoms with Gasteiger partial charge in [0.2, 0.25) is 5.91 Å². The van der Waals surface area contributed by atoms with E-state index in [1.807, 2.05) is 4.90 Å². The van der Waals surface area contributed by atoms with Crippen LogP contribution in [-0.4, -0.2) is 66.1 Å². The van der Waals surface area contributed by atoms with Crippen LogP contribution < -0.4 is 5.32 Å². The fourth-order valence-corrected chi connectivity index (χ4v) is 5.13. The van der Waals surface area contributed by atoms with E-state index < -0.39 is 17.7 Å². The summed E-state index contributed by atoms with van der Waals surface area (Å²) in [7, 11) is 0. The summed E-state index contributed by atoms with van der Waals surface area (Å²) in [6.45, 7) is 1.13. The summed E-state index contributed by atoms with van der Waals surface area (Å²) in [6, 6.07) is 3.72. The quantitative estimate of drug-likeness (QED) is 0.739. The second-order valence-electron chi connectivity index (χ2n) is 9.09. The minimum atomic E-state index is -0.686. The molecule has 1 aliphatic carbocycles. The Morgan fingerprint density at radius 2 is 1.84 bits per heavy atom. The van der Waals surface area contributed by atoms with Gasteiger partial charge in [0.05, 0.1) is 37.9 Å². The Labute approximate surface area is 181 Å². The van der Waals surface area contributed by atoms with E-state index in [1.54, 1.807) is 0 Å². The minimum absolute atomic E-state index is 0.0321. The SMILES string of the molecule is O=C(C[C@H]1CC[C@H]2[C@@H](COC[C@H](O)CN2Cc2cc(F)cc(F)c2)O1)NC1CCCC1. The number of amides is 1. The minimum Gasteiger partial charge on any atom is -0.389 e. The molecule has 2 aliphatic heterocycles. The summed E-state index contributed by atoms with van der Waals surface area (Å²) in [5.41, 5.74) is 0.517. The van der Waals surface area contributed by atoms with Crippen molar-refractivity contribution in [2.75, 3.05) is 19.8 Å². The predicted molar refractivity (Wildman–Crippen MR) is 110 cm³/mol. The van der Waals surface area contributed by atoms with Crippen molar-refractivity contribution in [3.63, 3.8) is 0 Å². The number of halogens is 2. The monoisotopic (exact) mass is 438 g/mol. The fraction of sp³-hybridized carbons (Fsp3) is 0.696. The summed E-state index contributed by atoms with van der Waals surface area (Å²) in [6.07, 6.45) is 5.12. The zero-order valence-corrected chi connectivity index (χ0v) is 17.8. The Hall–Kier alpha value is -1.61. The van der Waals surface area contributed by atoms with E-state index in [1.165, 1.54) is 25.0 Å². The van der Waals surface area contributed by atoms with E-state index >= 15 is 0 Å². The van der Waals surface area contributed by atoms with Crippen LogP contribution >= 0.6 is 0 Å². The smallest absolute Gasteiger partial charge is 0.222 e. The molecule has 172 valence electrons. The van der Waals surface area contributed by atoms with Gasteiger partial charge in [-0.25, -0.2) is 8.78 Å². The Morgan fingerprint density at radius 1 is 1.10 bits per heavy atom. The highest BCUT2D eigenvalue weighted by molar-refractivity contribution is 5.76. The zero-order chi connectivity index (χ0) is 21.8. The van der Waals surface area contributed by atoms with Gasteiger partial charge in [-0.1, -0.05) is 12.8 Å². The standard InChI is InChI=1S/C23H32F2N2O4/c24-16-7-15(8-17(25)9-16)11-27-12-19(28)13-30-14-22-21(27)6-5-20(31-22)10-23(29)26-18-3-1-2-4-18/h7-9,18-22,28H,1-6,10-14H2,(H,26,29)/t19-,20-,21+,22-/m1/s1. The van der Waals surface area contributed by atoms with E-state index in [2.05, 4.69) is 5.32 Å². The van der Waals surface area contributed by atoms with Gasteiger partial charge in [-0.2, -0.15) is 0 Å². The Kier molecular flexibility index (Phi) is 7.53. The van der Waals surface area contributed by atoms with Crippen LogP contribution in [0.25, 0.3) is 0 Å². The first kappa shape index (κ1) is 22.6. The Bertz CT molecular complexity index is 739. The number of aliphatic hydroxyl groups excluding tert-OH is 1. The number of β-amino-alcohol motifs (C(OH)–C–C–N with tert-alkyl or cyclic N) is 1. The summed E-state index contributed by atoms with van der Waals surface area (Å²) in [5.74, 6) is -1.20. The number of nitrogens with zero attached hydrogens (tertiary/aromatic N) is 1. The molecule has 2 heterocycles. The molecule has 6 nitrogen and oxygen atoms in total. The second-order valence-corrected chi connectivity index (χ2v) is 9.09. The molecule has 1 saturated carbocycles. The maximum Gasteiger partial charge on any atom is 0.222 e. The number of aliphatic hydroxyl groups is 1. The number of rotatable bonds is 5. The largest absolute Gasteiger partial charge is 0.389 e. The lowest BCUT2D eigenvalue weighted by Crippen LogP contribution is -2.55. The lowest BCUT2D eigenvalue weighted by atomic mass is 9.94. The van der Waals surface area contributed by atoms with Crippen molar-refractivity contribution in [2.45, 2.75) is 81.9 Å². The van der Waals surface area contributed by atoms with Gasteiger partial charge in [0.15, 0.2) is 0 Å². The molecule has 0 aromatic heterocycles. The molecular formula is C23H32F2N2O4. The lowest BCUT2D eigenvalue weighted by Gasteiger charge is -2.44. The molecule has 31 heavy (non-hydrogen) atoms. The van der Waals surface area contributed by atoms with Crippen LogP contribution in [-0.2, 0) is 20.8 Å². The first-order valence-corrected chi connectivity index (χ1v) is 11.4. The van der Waals surface area contributed by atoms with Gasteiger partial charge >= 0.3 is 0 Å². The number of ether oxygens (including phenoxy) is 2. The Balaban J connectivity index is 1.39. The maximum atomic E-state index is 13.7. The highest BCUT2D eigenvalue weighted by Gasteiger charge is 2.38. The molecule has 3 aliphatic rings. The highest BCUT2D eigenvalue weighted by Crippen LogP contribution is 2.29. The molecule has 0 spiro atoms. The van der Waals surface area contributed by atoms with Gasteiger partial charge in [0, 0.05) is 31.2 Å². The summed E-state index contributed by atoms with van der Waals surface area (Å²) in [5, 5.41) is 13.4. The van der Waals surface area contributed by atoms with Crippen molar-refractivity contribution in [3.8, 4) is 0 Å². The molecule has 1 aromatic carbocycles. The van der Waals surface area contributed by atoms with Crippen LogP contribution in [0.2, 0.25) is 0 Å². The van der Waals surface area contributed by atoms with Crippen molar-refractivity contribution in [3.05, 3.63) is 35.4 Å². The number of hydrogen-bond acceptors (Lipinski definition) is 5. The lowest BCUT2D eigenvalue weighted by molar-refractivity contribution is -0.158. The van der Waals surface area contributed by atoms with Gasteiger partial charge in [0.1, 0.15) is 11.6 Å². The van der Waals surface area contributed by atoms with Crippen LogP contribution in [0.1, 0.15) is 50.5 Å². The molecule has 1 amide bonds. The van der Waals surface area contributed by atoms with E-state index in [0.717, 1.165) is 25.3 Å². The summed E-state index contributed by atoms with van der Waals surface area (Å²) < 4.78 is 39.2. The molecule has 4 atom stereocenters. The third-order valence-electron chi connectivity index (χ3n) is 6.53. The first-order chi connectivity index (χ1) is 15.0. The van der Waals surface area contributed by atoms with Gasteiger partial charge < -0.3 is 19.9 Å². The molecule has 3 fully saturated rings. The average Bonchev–Trinajstić information content (AvgIpc) is 3.18. The van der Waals surface area contributed by atoms with E-state index in [4.69, 9.17) is 9.47 Å². The van der Waals surface area contributed by atoms with Gasteiger partial charge in [-0.05, 0) is 43.4 Å². The maximum absolute atomic E-state index is 13.7. The van der Waals surface area contributed by atoms with Gasteiger partial charge in [-0.15, -0.1) is 0 Å². The number of benzene rings is 1. The zero-order valence-electron chi connectivity index (χ0n) is 17.8. The average molecular weight is 439 g/mol. The molecule has 0 unspecified atom stereocenters. The molecule has 8 heteroatoms. The van der Waals surface area contributed by atoms with Crippen molar-refractivity contribution in [1.82, 2.24) is 10.2 Å². The highest BCUT2D eigenvalue weighted by atomic mass is 19.1. The van der Waals surface area contributed by atoms with Crippen LogP contribution in [0.15, 0.2) is 18.2 Å². The van der Waals surface area contributed by atoms with E-state index in [-0.39, 0.29) is 36.8 Å². The van der Waals surface area contributed by atoms with Crippen molar-refractivity contribution in [2.24, 2.45) is 0 Å². The Morgan fingerprint density at radius 3 is 2.58 bits per heavy atom. The fourth-order valence-electron chi connectivity index (χ4n) is 5.13. The van der Waals surface area contributed by atoms with Crippen LogP contribution in [0.3, 0.4) is 0 Å². The van der Waals surface area contributed by atoms with Crippen LogP contribution in [0.5, 0.6) is 0 Å². The first-order valence-electron chi connectivity index (χ1n) is 11.4. The third-order valence-corrected chi connectivity index (χ3v) is 6.53. The molecule has 1 aromatic rings. The predicted octanol–water partition coefficient (Wildman–Crippen LogP) is 2.52. The van der Waals surface area contributed by atoms with Crippen molar-refractivity contribution < 1.29 is 28.2 Å². The van der Waals surface area contributed by atoms with E-state index in [0.29, 0.717) is 38.1 Å². The van der Waals surface area contributed by atoms with Gasteiger partial charge in [0.25, 0.3) is 0 Å². The van der Waals surface area contributed by atoms with Crippen LogP contribution in [0, 0.1) is 11.6 Å². The normalized spacial score (nSPS) is 30.4. The number of hydrogen-bond donors (Lipinski definition) is 2. The summed E-state index contributed by atoms with van der Waals surface area (Å²) >= 11 is 0. The molecular weight excluding hydrogens is 406 g/mol. The molecule has 4 rings (SSSR count). The second kappa shape index (κ2) is 10.3. The van der Waals surface area contributed by atoms with E-state index in [9.17, 15) is 18.7 Å². The third kappa shape index (κ3) is 6.22. The molecule has 0 bridgehead atoms. The summed E-state index contributed by atoms with van der Waals surface area (Å²) in [4.78, 5) is 14.5. The number of carbonyl (C=O) groups is 1. The number of nitrogens with one attached hydrogen (secondary N) is 1. The molecule has 2 saturated heterocycles. The topological polar surface area (TPSA) is 71.0 Å². The van der Waals surface area contributed by atoms with Crippen molar-refractivity contribution >= 4 is 5.91 Å².